The molecule has 11 aromatic rings. The van der Waals surface area contributed by atoms with E-state index in [1.165, 1.54) is 66.1 Å². The van der Waals surface area contributed by atoms with Crippen molar-refractivity contribution >= 4 is 60.5 Å². The first-order chi connectivity index (χ1) is 29.3. The summed E-state index contributed by atoms with van der Waals surface area (Å²) in [4.78, 5) is 2.35. The first kappa shape index (κ1) is 33.5. The van der Waals surface area contributed by atoms with E-state index in [-0.39, 0.29) is 0 Å². The minimum atomic E-state index is -0.434. The number of hydrogen-bond acceptors (Lipinski definition) is 2. The fraction of sp³-hybridized carbons (Fsp3) is 0.0175. The van der Waals surface area contributed by atoms with E-state index in [0.29, 0.717) is 0 Å². The van der Waals surface area contributed by atoms with Crippen molar-refractivity contribution in [3.8, 4) is 22.3 Å². The van der Waals surface area contributed by atoms with Crippen LogP contribution in [0.3, 0.4) is 0 Å². The number of hydrogen-bond donors (Lipinski definition) is 0. The zero-order valence-electron chi connectivity index (χ0n) is 32.2. The topological polar surface area (TPSA) is 16.4 Å². The normalized spacial score (nSPS) is 12.9. The summed E-state index contributed by atoms with van der Waals surface area (Å²) in [5, 5.41) is 7.05. The lowest BCUT2D eigenvalue weighted by atomic mass is 9.68. The highest BCUT2D eigenvalue weighted by Crippen LogP contribution is 2.56. The molecule has 1 aliphatic rings. The van der Waals surface area contributed by atoms with E-state index < -0.39 is 5.41 Å². The molecule has 0 spiro atoms. The van der Waals surface area contributed by atoms with Crippen molar-refractivity contribution in [2.45, 2.75) is 5.41 Å². The number of nitrogens with zero attached hydrogens (tertiary/aromatic N) is 1. The number of anilines is 3. The molecular formula is C57H37NO. The van der Waals surface area contributed by atoms with Gasteiger partial charge in [0.05, 0.1) is 5.41 Å². The highest BCUT2D eigenvalue weighted by Gasteiger charge is 2.45. The molecule has 0 radical (unpaired) electrons. The zero-order valence-corrected chi connectivity index (χ0v) is 32.2. The first-order valence-electron chi connectivity index (χ1n) is 20.3. The maximum atomic E-state index is 6.48. The van der Waals surface area contributed by atoms with Crippen LogP contribution < -0.4 is 4.90 Å². The molecule has 0 saturated heterocycles. The van der Waals surface area contributed by atoms with Crippen LogP contribution >= 0.6 is 0 Å². The van der Waals surface area contributed by atoms with Crippen molar-refractivity contribution in [2.24, 2.45) is 0 Å². The summed E-state index contributed by atoms with van der Waals surface area (Å²) < 4.78 is 6.48. The summed E-state index contributed by atoms with van der Waals surface area (Å²) in [6, 6.07) is 81.7. The van der Waals surface area contributed by atoms with Gasteiger partial charge in [0.15, 0.2) is 0 Å². The Morgan fingerprint density at radius 3 is 1.61 bits per heavy atom. The Labute approximate surface area is 342 Å². The van der Waals surface area contributed by atoms with E-state index in [2.05, 4.69) is 223 Å². The molecule has 2 nitrogen and oxygen atoms in total. The number of para-hydroxylation sites is 2. The van der Waals surface area contributed by atoms with Crippen LogP contribution in [0.25, 0.3) is 65.7 Å². The lowest BCUT2D eigenvalue weighted by Crippen LogP contribution is -2.28. The monoisotopic (exact) mass is 751 g/mol. The summed E-state index contributed by atoms with van der Waals surface area (Å²) in [5.74, 6) is 0. The van der Waals surface area contributed by atoms with Crippen molar-refractivity contribution in [1.82, 2.24) is 0 Å². The average Bonchev–Trinajstić information content (AvgIpc) is 3.84. The van der Waals surface area contributed by atoms with Crippen molar-refractivity contribution in [3.05, 3.63) is 247 Å². The van der Waals surface area contributed by atoms with E-state index in [1.807, 2.05) is 6.07 Å². The van der Waals surface area contributed by atoms with Gasteiger partial charge in [0.1, 0.15) is 11.2 Å². The summed E-state index contributed by atoms with van der Waals surface area (Å²) in [6.07, 6.45) is 0. The molecule has 0 N–H and O–H groups in total. The van der Waals surface area contributed by atoms with Gasteiger partial charge >= 0.3 is 0 Å². The Balaban J connectivity index is 0.939. The molecule has 276 valence electrons. The fourth-order valence-corrected chi connectivity index (χ4v) is 9.91. The third kappa shape index (κ3) is 5.06. The Morgan fingerprint density at radius 1 is 0.356 bits per heavy atom. The van der Waals surface area contributed by atoms with Crippen molar-refractivity contribution < 1.29 is 4.42 Å². The molecule has 0 fully saturated rings. The van der Waals surface area contributed by atoms with Gasteiger partial charge in [-0.15, -0.1) is 0 Å². The first-order valence-corrected chi connectivity index (χ1v) is 20.3. The quantitative estimate of drug-likeness (QED) is 0.157. The SMILES string of the molecule is c1ccc(N(c2ccc(-c3ccc4c(ccc5ccc6c7ccccc7oc6c54)c3)cc2)c2ccc(C3(c4ccccc4)c4ccccc4-c4ccccc43)cc2)cc1. The van der Waals surface area contributed by atoms with Gasteiger partial charge in [-0.25, -0.2) is 0 Å². The lowest BCUT2D eigenvalue weighted by molar-refractivity contribution is 0.673. The second-order valence-corrected chi connectivity index (χ2v) is 15.6. The molecule has 0 unspecified atom stereocenters. The second kappa shape index (κ2) is 13.2. The summed E-state index contributed by atoms with van der Waals surface area (Å²) in [6.45, 7) is 0. The van der Waals surface area contributed by atoms with Gasteiger partial charge in [-0.3, -0.25) is 0 Å². The van der Waals surface area contributed by atoms with E-state index in [0.717, 1.165) is 39.0 Å². The van der Waals surface area contributed by atoms with Crippen molar-refractivity contribution in [2.75, 3.05) is 4.90 Å². The molecule has 0 aliphatic heterocycles. The molecular weight excluding hydrogens is 715 g/mol. The maximum absolute atomic E-state index is 6.48. The second-order valence-electron chi connectivity index (χ2n) is 15.6. The van der Waals surface area contributed by atoms with Crippen LogP contribution in [0.2, 0.25) is 0 Å². The number of furan rings is 1. The highest BCUT2D eigenvalue weighted by atomic mass is 16.3. The van der Waals surface area contributed by atoms with Crippen LogP contribution in [0.4, 0.5) is 17.1 Å². The predicted molar refractivity (Wildman–Crippen MR) is 246 cm³/mol. The van der Waals surface area contributed by atoms with Gasteiger partial charge in [0.2, 0.25) is 0 Å². The lowest BCUT2D eigenvalue weighted by Gasteiger charge is -2.34. The molecule has 1 heterocycles. The standard InChI is InChI=1S/C57H37NO/c1-3-13-42(14-4-1)57(52-20-10-7-17-48(52)49-18-8-11-21-53(49)57)43-29-33-46(34-30-43)58(44-15-5-2-6-16-44)45-31-25-38(26-32-45)40-28-35-47-41(37-40)24-23-39-27-36-51-50-19-9-12-22-54(50)59-56(51)55(39)47/h1-37H. The number of rotatable bonds is 6. The van der Waals surface area contributed by atoms with E-state index >= 15 is 0 Å². The smallest absolute Gasteiger partial charge is 0.143 e. The van der Waals surface area contributed by atoms with E-state index in [9.17, 15) is 0 Å². The molecule has 0 bridgehead atoms. The molecule has 1 aliphatic carbocycles. The summed E-state index contributed by atoms with van der Waals surface area (Å²) in [7, 11) is 0. The summed E-state index contributed by atoms with van der Waals surface area (Å²) in [5.41, 5.74) is 14.8. The third-order valence-electron chi connectivity index (χ3n) is 12.5. The molecule has 59 heavy (non-hydrogen) atoms. The Hall–Kier alpha value is -7.68. The molecule has 1 aromatic heterocycles. The molecule has 0 amide bonds. The van der Waals surface area contributed by atoms with E-state index in [4.69, 9.17) is 4.42 Å². The van der Waals surface area contributed by atoms with Crippen LogP contribution in [0.15, 0.2) is 229 Å². The van der Waals surface area contributed by atoms with Crippen molar-refractivity contribution in [3.63, 3.8) is 0 Å². The maximum Gasteiger partial charge on any atom is 0.143 e. The molecule has 10 aromatic carbocycles. The predicted octanol–water partition coefficient (Wildman–Crippen LogP) is 15.4. The molecule has 0 atom stereocenters. The van der Waals surface area contributed by atoms with Gasteiger partial charge in [-0.05, 0) is 115 Å². The molecule has 2 heteroatoms. The fourth-order valence-electron chi connectivity index (χ4n) is 9.91. The Bertz CT molecular complexity index is 3320. The van der Waals surface area contributed by atoms with Crippen molar-refractivity contribution in [1.29, 1.82) is 0 Å². The van der Waals surface area contributed by atoms with Gasteiger partial charge in [-0.2, -0.15) is 0 Å². The van der Waals surface area contributed by atoms with Gasteiger partial charge < -0.3 is 9.32 Å². The summed E-state index contributed by atoms with van der Waals surface area (Å²) >= 11 is 0. The Morgan fingerprint density at radius 2 is 0.881 bits per heavy atom. The largest absolute Gasteiger partial charge is 0.455 e. The Kier molecular flexibility index (Phi) is 7.48. The van der Waals surface area contributed by atoms with Gasteiger partial charge in [0.25, 0.3) is 0 Å². The van der Waals surface area contributed by atoms with Crippen LogP contribution in [-0.4, -0.2) is 0 Å². The van der Waals surface area contributed by atoms with Crippen LogP contribution in [-0.2, 0) is 5.41 Å². The molecule has 0 saturated carbocycles. The third-order valence-corrected chi connectivity index (χ3v) is 12.5. The number of benzene rings is 10. The minimum absolute atomic E-state index is 0.434. The van der Waals surface area contributed by atoms with Crippen LogP contribution in [0, 0.1) is 0 Å². The van der Waals surface area contributed by atoms with E-state index in [1.54, 1.807) is 0 Å². The zero-order chi connectivity index (χ0) is 38.9. The van der Waals surface area contributed by atoms with Crippen LogP contribution in [0.5, 0.6) is 0 Å². The van der Waals surface area contributed by atoms with Gasteiger partial charge in [-0.1, -0.05) is 170 Å². The van der Waals surface area contributed by atoms with Crippen LogP contribution in [0.1, 0.15) is 22.3 Å². The highest BCUT2D eigenvalue weighted by molar-refractivity contribution is 6.23. The minimum Gasteiger partial charge on any atom is -0.455 e. The average molecular weight is 752 g/mol. The number of fused-ring (bicyclic) bond motifs is 10. The van der Waals surface area contributed by atoms with Gasteiger partial charge in [0, 0.05) is 33.2 Å². The molecule has 12 rings (SSSR count).